The van der Waals surface area contributed by atoms with Crippen molar-refractivity contribution in [3.63, 3.8) is 0 Å². The van der Waals surface area contributed by atoms with E-state index in [-0.39, 0.29) is 0 Å². The summed E-state index contributed by atoms with van der Waals surface area (Å²) < 4.78 is 1.89. The molecule has 3 nitrogen and oxygen atoms in total. The van der Waals surface area contributed by atoms with Gasteiger partial charge in [0.2, 0.25) is 0 Å². The molecule has 1 aromatic carbocycles. The molecule has 0 atom stereocenters. The fraction of sp³-hybridized carbons (Fsp3) is 0.200. The summed E-state index contributed by atoms with van der Waals surface area (Å²) in [6.45, 7) is 0. The Kier molecular flexibility index (Phi) is 2.25. The predicted molar refractivity (Wildman–Crippen MR) is 55.5 cm³/mol. The molecule has 1 aromatic heterocycles. The van der Waals surface area contributed by atoms with Crippen LogP contribution in [-0.2, 0) is 18.3 Å². The Balaban J connectivity index is 2.66. The van der Waals surface area contributed by atoms with Crippen molar-refractivity contribution in [3.8, 4) is 0 Å². The van der Waals surface area contributed by atoms with Crippen molar-refractivity contribution in [1.29, 1.82) is 0 Å². The van der Waals surface area contributed by atoms with Gasteiger partial charge in [-0.05, 0) is 17.7 Å². The molecule has 0 N–H and O–H groups in total. The number of rotatable bonds is 2. The average molecular weight is 209 g/mol. The minimum absolute atomic E-state index is 0.339. The summed E-state index contributed by atoms with van der Waals surface area (Å²) in [5.74, 6) is 0. The third-order valence-corrected chi connectivity index (χ3v) is 2.55. The van der Waals surface area contributed by atoms with Crippen LogP contribution in [0.15, 0.2) is 18.5 Å². The number of carbonyl (C=O) groups excluding carboxylic acids is 1. The zero-order valence-electron chi connectivity index (χ0n) is 7.70. The number of imidazole rings is 1. The number of aldehydes is 1. The van der Waals surface area contributed by atoms with Gasteiger partial charge in [-0.15, -0.1) is 0 Å². The lowest BCUT2D eigenvalue weighted by Crippen LogP contribution is -1.89. The summed E-state index contributed by atoms with van der Waals surface area (Å²) in [6.07, 6.45) is 2.91. The molecule has 2 rings (SSSR count). The maximum atomic E-state index is 10.4. The highest BCUT2D eigenvalue weighted by molar-refractivity contribution is 6.32. The third-order valence-electron chi connectivity index (χ3n) is 2.20. The Hall–Kier alpha value is -1.35. The molecule has 0 fully saturated rings. The molecule has 0 aliphatic carbocycles. The molecule has 0 bridgehead atoms. The number of aryl methyl sites for hydroxylation is 1. The zero-order valence-corrected chi connectivity index (χ0v) is 8.45. The molecule has 0 unspecified atom stereocenters. The first-order chi connectivity index (χ1) is 6.72. The standard InChI is InChI=1S/C10H9ClN2O/c1-13-6-12-9-4-7(2-3-14)8(11)5-10(9)13/h3-6H,2H2,1H3. The lowest BCUT2D eigenvalue weighted by molar-refractivity contribution is -0.107. The quantitative estimate of drug-likeness (QED) is 0.708. The fourth-order valence-corrected chi connectivity index (χ4v) is 1.67. The van der Waals surface area contributed by atoms with Gasteiger partial charge in [-0.2, -0.15) is 0 Å². The van der Waals surface area contributed by atoms with Gasteiger partial charge in [-0.25, -0.2) is 4.98 Å². The van der Waals surface area contributed by atoms with Crippen LogP contribution < -0.4 is 0 Å². The Morgan fingerprint density at radius 3 is 3.07 bits per heavy atom. The largest absolute Gasteiger partial charge is 0.334 e. The van der Waals surface area contributed by atoms with Crippen LogP contribution in [-0.4, -0.2) is 15.8 Å². The summed E-state index contributed by atoms with van der Waals surface area (Å²) >= 11 is 6.01. The monoisotopic (exact) mass is 208 g/mol. The summed E-state index contributed by atoms with van der Waals surface area (Å²) in [5, 5.41) is 0.619. The van der Waals surface area contributed by atoms with Crippen molar-refractivity contribution in [2.24, 2.45) is 7.05 Å². The minimum Gasteiger partial charge on any atom is -0.334 e. The van der Waals surface area contributed by atoms with Crippen molar-refractivity contribution in [1.82, 2.24) is 9.55 Å². The number of aromatic nitrogens is 2. The molecule has 0 amide bonds. The van der Waals surface area contributed by atoms with Gasteiger partial charge >= 0.3 is 0 Å². The highest BCUT2D eigenvalue weighted by atomic mass is 35.5. The smallest absolute Gasteiger partial charge is 0.124 e. The maximum Gasteiger partial charge on any atom is 0.124 e. The first-order valence-electron chi connectivity index (χ1n) is 4.25. The van der Waals surface area contributed by atoms with Crippen molar-refractivity contribution in [2.45, 2.75) is 6.42 Å². The van der Waals surface area contributed by atoms with E-state index in [0.29, 0.717) is 11.4 Å². The maximum absolute atomic E-state index is 10.4. The van der Waals surface area contributed by atoms with Crippen LogP contribution >= 0.6 is 11.6 Å². The number of fused-ring (bicyclic) bond motifs is 1. The van der Waals surface area contributed by atoms with Crippen molar-refractivity contribution >= 4 is 28.9 Å². The van der Waals surface area contributed by atoms with Crippen LogP contribution in [0.5, 0.6) is 0 Å². The van der Waals surface area contributed by atoms with Crippen LogP contribution in [0.2, 0.25) is 5.02 Å². The van der Waals surface area contributed by atoms with Crippen LogP contribution in [0.25, 0.3) is 11.0 Å². The number of nitrogens with zero attached hydrogens (tertiary/aromatic N) is 2. The van der Waals surface area contributed by atoms with E-state index in [1.165, 1.54) is 0 Å². The molecule has 4 heteroatoms. The van der Waals surface area contributed by atoms with Crippen molar-refractivity contribution < 1.29 is 4.79 Å². The molecule has 0 radical (unpaired) electrons. The summed E-state index contributed by atoms with van der Waals surface area (Å²) in [6, 6.07) is 3.69. The number of carbonyl (C=O) groups is 1. The van der Waals surface area contributed by atoms with E-state index in [0.717, 1.165) is 22.9 Å². The first-order valence-corrected chi connectivity index (χ1v) is 4.63. The van der Waals surface area contributed by atoms with Crippen LogP contribution in [0.3, 0.4) is 0 Å². The Labute approximate surface area is 86.3 Å². The van der Waals surface area contributed by atoms with Gasteiger partial charge in [0.1, 0.15) is 6.29 Å². The molecule has 0 aliphatic heterocycles. The summed E-state index contributed by atoms with van der Waals surface area (Å²) in [5.41, 5.74) is 2.67. The molecule has 0 spiro atoms. The topological polar surface area (TPSA) is 34.9 Å². The van der Waals surface area contributed by atoms with Gasteiger partial charge in [0.25, 0.3) is 0 Å². The second-order valence-corrected chi connectivity index (χ2v) is 3.57. The molecule has 1 heterocycles. The molecular weight excluding hydrogens is 200 g/mol. The number of hydrogen-bond donors (Lipinski definition) is 0. The number of benzene rings is 1. The predicted octanol–water partition coefficient (Wildman–Crippen LogP) is 1.97. The third kappa shape index (κ3) is 1.40. The van der Waals surface area contributed by atoms with Gasteiger partial charge in [0, 0.05) is 18.5 Å². The van der Waals surface area contributed by atoms with Crippen LogP contribution in [0.4, 0.5) is 0 Å². The Bertz CT molecular complexity index is 490. The van der Waals surface area contributed by atoms with E-state index < -0.39 is 0 Å². The van der Waals surface area contributed by atoms with Gasteiger partial charge in [-0.1, -0.05) is 11.6 Å². The second kappa shape index (κ2) is 3.42. The van der Waals surface area contributed by atoms with Crippen molar-refractivity contribution in [2.75, 3.05) is 0 Å². The fourth-order valence-electron chi connectivity index (χ4n) is 1.44. The molecule has 0 aliphatic rings. The summed E-state index contributed by atoms with van der Waals surface area (Å²) in [4.78, 5) is 14.6. The highest BCUT2D eigenvalue weighted by Gasteiger charge is 2.05. The van der Waals surface area contributed by atoms with E-state index in [9.17, 15) is 4.79 Å². The van der Waals surface area contributed by atoms with Gasteiger partial charge in [0.15, 0.2) is 0 Å². The Morgan fingerprint density at radius 1 is 1.57 bits per heavy atom. The van der Waals surface area contributed by atoms with Crippen LogP contribution in [0.1, 0.15) is 5.56 Å². The molecule has 0 saturated heterocycles. The SMILES string of the molecule is Cn1cnc2cc(CC=O)c(Cl)cc21. The minimum atomic E-state index is 0.339. The lowest BCUT2D eigenvalue weighted by Gasteiger charge is -2.00. The van der Waals surface area contributed by atoms with Crippen LogP contribution in [0, 0.1) is 0 Å². The number of hydrogen-bond acceptors (Lipinski definition) is 2. The van der Waals surface area contributed by atoms with E-state index in [2.05, 4.69) is 4.98 Å². The van der Waals surface area contributed by atoms with E-state index in [1.54, 1.807) is 6.33 Å². The summed E-state index contributed by atoms with van der Waals surface area (Å²) in [7, 11) is 1.91. The zero-order chi connectivity index (χ0) is 10.1. The molecule has 72 valence electrons. The average Bonchev–Trinajstić information content (AvgIpc) is 2.50. The van der Waals surface area contributed by atoms with E-state index >= 15 is 0 Å². The second-order valence-electron chi connectivity index (χ2n) is 3.16. The molecule has 14 heavy (non-hydrogen) atoms. The first kappa shape index (κ1) is 9.21. The Morgan fingerprint density at radius 2 is 2.36 bits per heavy atom. The molecule has 2 aromatic rings. The van der Waals surface area contributed by atoms with Gasteiger partial charge < -0.3 is 9.36 Å². The van der Waals surface area contributed by atoms with Crippen molar-refractivity contribution in [3.05, 3.63) is 29.0 Å². The van der Waals surface area contributed by atoms with Gasteiger partial charge in [0.05, 0.1) is 17.4 Å². The van der Waals surface area contributed by atoms with E-state index in [4.69, 9.17) is 11.6 Å². The normalized spacial score (nSPS) is 10.7. The van der Waals surface area contributed by atoms with E-state index in [1.807, 2.05) is 23.7 Å². The molecule has 0 saturated carbocycles. The lowest BCUT2D eigenvalue weighted by atomic mass is 10.1. The molecular formula is C10H9ClN2O. The highest BCUT2D eigenvalue weighted by Crippen LogP contribution is 2.22. The number of halogens is 1. The van der Waals surface area contributed by atoms with Gasteiger partial charge in [-0.3, -0.25) is 0 Å².